The summed E-state index contributed by atoms with van der Waals surface area (Å²) in [6.07, 6.45) is 1.60. The van der Waals surface area contributed by atoms with Gasteiger partial charge in [0.1, 0.15) is 22.9 Å². The zero-order valence-corrected chi connectivity index (χ0v) is 14.3. The molecule has 0 N–H and O–H groups in total. The molecule has 0 fully saturated rings. The molecule has 1 unspecified atom stereocenters. The molecule has 2 aromatic carbocycles. The number of ether oxygens (including phenoxy) is 2. The van der Waals surface area contributed by atoms with Crippen molar-refractivity contribution >= 4 is 17.2 Å². The van der Waals surface area contributed by atoms with Crippen molar-refractivity contribution in [1.82, 2.24) is 9.97 Å². The van der Waals surface area contributed by atoms with Gasteiger partial charge in [-0.25, -0.2) is 4.98 Å². The van der Waals surface area contributed by atoms with Gasteiger partial charge >= 0.3 is 6.01 Å². The molecule has 0 amide bonds. The Bertz CT molecular complexity index is 889. The lowest BCUT2D eigenvalue weighted by atomic mass is 10.2. The zero-order valence-electron chi connectivity index (χ0n) is 13.5. The topological polar surface area (TPSA) is 70.5 Å². The van der Waals surface area contributed by atoms with Crippen molar-refractivity contribution in [3.05, 3.63) is 66.4 Å². The van der Waals surface area contributed by atoms with Gasteiger partial charge < -0.3 is 14.0 Å². The molecule has 25 heavy (non-hydrogen) atoms. The Morgan fingerprint density at radius 3 is 2.56 bits per heavy atom. The molecule has 0 aliphatic carbocycles. The lowest BCUT2D eigenvalue weighted by molar-refractivity contribution is 0.410. The molecule has 4 rings (SSSR count). The van der Waals surface area contributed by atoms with Gasteiger partial charge in [-0.3, -0.25) is 0 Å². The Balaban J connectivity index is 1.56. The van der Waals surface area contributed by atoms with E-state index in [0.29, 0.717) is 18.1 Å². The van der Waals surface area contributed by atoms with Crippen LogP contribution in [0.3, 0.4) is 0 Å². The van der Waals surface area contributed by atoms with Gasteiger partial charge in [-0.2, -0.15) is 9.29 Å². The molecule has 0 spiro atoms. The highest BCUT2D eigenvalue weighted by molar-refractivity contribution is 7.93. The van der Waals surface area contributed by atoms with Crippen LogP contribution in [0.5, 0.6) is 17.5 Å². The summed E-state index contributed by atoms with van der Waals surface area (Å²) in [5, 5.41) is 0. The summed E-state index contributed by atoms with van der Waals surface area (Å²) < 4.78 is 25.2. The second-order valence-electron chi connectivity index (χ2n) is 5.37. The first kappa shape index (κ1) is 15.7. The minimum Gasteiger partial charge on any atom is -0.588 e. The second kappa shape index (κ2) is 6.62. The normalized spacial score (nSPS) is 15.8. The summed E-state index contributed by atoms with van der Waals surface area (Å²) in [6.45, 7) is 0.543. The fourth-order valence-corrected chi connectivity index (χ4v) is 3.89. The molecule has 0 saturated carbocycles. The van der Waals surface area contributed by atoms with Crippen molar-refractivity contribution in [3.63, 3.8) is 0 Å². The highest BCUT2D eigenvalue weighted by atomic mass is 32.2. The van der Waals surface area contributed by atoms with E-state index in [1.165, 1.54) is 0 Å². The molecule has 2 heterocycles. The first-order valence-electron chi connectivity index (χ1n) is 7.67. The highest BCUT2D eigenvalue weighted by Gasteiger charge is 2.35. The quantitative estimate of drug-likeness (QED) is 0.670. The van der Waals surface area contributed by atoms with Crippen molar-refractivity contribution in [2.24, 2.45) is 0 Å². The number of aromatic nitrogens is 2. The Hall–Kier alpha value is -2.77. The third-order valence-corrected chi connectivity index (χ3v) is 5.31. The Morgan fingerprint density at radius 1 is 1.04 bits per heavy atom. The van der Waals surface area contributed by atoms with Crippen molar-refractivity contribution < 1.29 is 14.0 Å². The van der Waals surface area contributed by atoms with Crippen molar-refractivity contribution in [3.8, 4) is 17.5 Å². The maximum Gasteiger partial charge on any atom is 0.324 e. The standard InChI is InChI=1S/C18H15N3O3S/c1-23-14-6-8-15(9-7-14)24-18-19-11-10-17(20-18)21-12-13-4-2-3-5-16(13)25(21)22/h2-11H,12H2,1H3. The fourth-order valence-electron chi connectivity index (χ4n) is 2.57. The molecule has 1 aromatic heterocycles. The summed E-state index contributed by atoms with van der Waals surface area (Å²) in [7, 11) is 1.61. The van der Waals surface area contributed by atoms with Crippen LogP contribution in [0.15, 0.2) is 65.7 Å². The predicted octanol–water partition coefficient (Wildman–Crippen LogP) is 3.32. The molecule has 126 valence electrons. The van der Waals surface area contributed by atoms with Crippen LogP contribution in [0, 0.1) is 0 Å². The average molecular weight is 353 g/mol. The third-order valence-electron chi connectivity index (χ3n) is 3.82. The number of methoxy groups -OCH3 is 1. The van der Waals surface area contributed by atoms with Gasteiger partial charge in [-0.15, -0.1) is 0 Å². The molecule has 1 aliphatic rings. The molecule has 6 nitrogen and oxygen atoms in total. The van der Waals surface area contributed by atoms with Gasteiger partial charge in [0.15, 0.2) is 10.7 Å². The third kappa shape index (κ3) is 3.11. The molecule has 0 radical (unpaired) electrons. The van der Waals surface area contributed by atoms with E-state index in [0.717, 1.165) is 16.2 Å². The van der Waals surface area contributed by atoms with Gasteiger partial charge in [0.25, 0.3) is 0 Å². The van der Waals surface area contributed by atoms with Crippen molar-refractivity contribution in [1.29, 1.82) is 0 Å². The summed E-state index contributed by atoms with van der Waals surface area (Å²) in [4.78, 5) is 9.35. The van der Waals surface area contributed by atoms with Crippen LogP contribution >= 0.6 is 0 Å². The lowest BCUT2D eigenvalue weighted by Gasteiger charge is -2.17. The lowest BCUT2D eigenvalue weighted by Crippen LogP contribution is -2.24. The van der Waals surface area contributed by atoms with E-state index in [1.54, 1.807) is 47.9 Å². The first-order valence-corrected chi connectivity index (χ1v) is 8.77. The summed E-state index contributed by atoms with van der Waals surface area (Å²) in [5.41, 5.74) is 1.04. The number of rotatable bonds is 4. The molecule has 0 saturated heterocycles. The van der Waals surface area contributed by atoms with Gasteiger partial charge in [0, 0.05) is 17.8 Å². The SMILES string of the molecule is COc1ccc(Oc2nccc(N3Cc4ccccc4[S+]3[O-])n2)cc1. The zero-order chi connectivity index (χ0) is 17.2. The van der Waals surface area contributed by atoms with Crippen LogP contribution in [0.2, 0.25) is 0 Å². The fraction of sp³-hybridized carbons (Fsp3) is 0.111. The largest absolute Gasteiger partial charge is 0.588 e. The van der Waals surface area contributed by atoms with E-state index < -0.39 is 11.4 Å². The molecule has 0 bridgehead atoms. The van der Waals surface area contributed by atoms with E-state index in [9.17, 15) is 4.55 Å². The van der Waals surface area contributed by atoms with Gasteiger partial charge in [-0.1, -0.05) is 18.2 Å². The van der Waals surface area contributed by atoms with E-state index in [4.69, 9.17) is 9.47 Å². The number of benzene rings is 2. The van der Waals surface area contributed by atoms with E-state index >= 15 is 0 Å². The minimum atomic E-state index is -1.27. The van der Waals surface area contributed by atoms with Crippen molar-refractivity contribution in [2.45, 2.75) is 11.4 Å². The summed E-state index contributed by atoms with van der Waals surface area (Å²) in [6, 6.07) is 16.8. The smallest absolute Gasteiger partial charge is 0.324 e. The molecule has 1 atom stereocenters. The van der Waals surface area contributed by atoms with Crippen LogP contribution in [-0.2, 0) is 17.9 Å². The molecule has 1 aliphatic heterocycles. The Kier molecular flexibility index (Phi) is 4.17. The summed E-state index contributed by atoms with van der Waals surface area (Å²) >= 11 is -1.27. The number of hydrogen-bond donors (Lipinski definition) is 0. The van der Waals surface area contributed by atoms with E-state index in [1.807, 2.05) is 24.3 Å². The van der Waals surface area contributed by atoms with E-state index in [-0.39, 0.29) is 6.01 Å². The highest BCUT2D eigenvalue weighted by Crippen LogP contribution is 2.34. The van der Waals surface area contributed by atoms with Crippen LogP contribution < -0.4 is 13.8 Å². The van der Waals surface area contributed by atoms with Crippen LogP contribution in [0.4, 0.5) is 5.82 Å². The average Bonchev–Trinajstić information content (AvgIpc) is 3.00. The molecular weight excluding hydrogens is 338 g/mol. The van der Waals surface area contributed by atoms with Crippen LogP contribution in [0.1, 0.15) is 5.56 Å². The van der Waals surface area contributed by atoms with Crippen LogP contribution in [-0.4, -0.2) is 21.6 Å². The van der Waals surface area contributed by atoms with E-state index in [2.05, 4.69) is 9.97 Å². The van der Waals surface area contributed by atoms with Crippen LogP contribution in [0.25, 0.3) is 0 Å². The number of anilines is 1. The number of hydrogen-bond acceptors (Lipinski definition) is 6. The van der Waals surface area contributed by atoms with Gasteiger partial charge in [0.05, 0.1) is 13.7 Å². The predicted molar refractivity (Wildman–Crippen MR) is 94.1 cm³/mol. The Labute approximate surface area is 148 Å². The molecule has 3 aromatic rings. The molecule has 7 heteroatoms. The van der Waals surface area contributed by atoms with Gasteiger partial charge in [-0.05, 0) is 30.3 Å². The maximum atomic E-state index is 12.7. The Morgan fingerprint density at radius 2 is 1.80 bits per heavy atom. The second-order valence-corrected chi connectivity index (χ2v) is 6.75. The molecular formula is C18H15N3O3S. The number of nitrogens with zero attached hydrogens (tertiary/aromatic N) is 3. The van der Waals surface area contributed by atoms with Gasteiger partial charge in [0.2, 0.25) is 0 Å². The van der Waals surface area contributed by atoms with Crippen molar-refractivity contribution in [2.75, 3.05) is 11.4 Å². The first-order chi connectivity index (χ1) is 12.2. The maximum absolute atomic E-state index is 12.7. The summed E-state index contributed by atoms with van der Waals surface area (Å²) in [5.74, 6) is 1.91. The minimum absolute atomic E-state index is 0.204. The monoisotopic (exact) mass is 353 g/mol. The number of fused-ring (bicyclic) bond motifs is 1.